The molecule has 0 aliphatic heterocycles. The quantitative estimate of drug-likeness (QED) is 0.841. The van der Waals surface area contributed by atoms with Gasteiger partial charge in [-0.2, -0.15) is 0 Å². The molecule has 0 saturated heterocycles. The van der Waals surface area contributed by atoms with E-state index in [1.54, 1.807) is 0 Å². The number of carboxylic acid groups (broad SMARTS) is 1. The number of aryl methyl sites for hydroxylation is 2. The zero-order valence-electron chi connectivity index (χ0n) is 9.97. The van der Waals surface area contributed by atoms with E-state index in [1.807, 2.05) is 32.2 Å². The minimum Gasteiger partial charge on any atom is -0.480 e. The van der Waals surface area contributed by atoms with Gasteiger partial charge in [-0.3, -0.25) is 4.79 Å². The molecule has 2 rings (SSSR count). The third kappa shape index (κ3) is 2.17. The van der Waals surface area contributed by atoms with Gasteiger partial charge in [0.2, 0.25) is 0 Å². The summed E-state index contributed by atoms with van der Waals surface area (Å²) in [6.07, 6.45) is 2.42. The van der Waals surface area contributed by atoms with Gasteiger partial charge >= 0.3 is 5.97 Å². The lowest BCUT2D eigenvalue weighted by atomic mass is 10.0. The minimum atomic E-state index is -0.963. The summed E-state index contributed by atoms with van der Waals surface area (Å²) < 4.78 is 2.06. The standard InChI is InChI=1S/C13H16N2O2/c1-8-7-15(2)12-4-3-9(5-10(8)12)6-11(14)13(16)17/h3-5,7,11H,6,14H2,1-2H3,(H,16,17). The molecule has 1 aromatic carbocycles. The molecular weight excluding hydrogens is 216 g/mol. The molecule has 2 aromatic rings. The molecule has 0 aliphatic carbocycles. The summed E-state index contributed by atoms with van der Waals surface area (Å²) in [5.41, 5.74) is 8.83. The van der Waals surface area contributed by atoms with E-state index in [0.29, 0.717) is 6.42 Å². The molecule has 0 aliphatic rings. The molecule has 4 heteroatoms. The Morgan fingerprint density at radius 1 is 1.53 bits per heavy atom. The van der Waals surface area contributed by atoms with Gasteiger partial charge in [-0.15, -0.1) is 0 Å². The average Bonchev–Trinajstić information content (AvgIpc) is 2.54. The second-order valence-corrected chi connectivity index (χ2v) is 4.42. The van der Waals surface area contributed by atoms with Crippen molar-refractivity contribution in [3.05, 3.63) is 35.5 Å². The number of hydrogen-bond acceptors (Lipinski definition) is 2. The summed E-state index contributed by atoms with van der Waals surface area (Å²) in [4.78, 5) is 10.7. The third-order valence-corrected chi connectivity index (χ3v) is 3.03. The van der Waals surface area contributed by atoms with Crippen LogP contribution in [-0.4, -0.2) is 21.7 Å². The molecule has 1 atom stereocenters. The summed E-state index contributed by atoms with van der Waals surface area (Å²) in [6.45, 7) is 2.04. The SMILES string of the molecule is Cc1cn(C)c2ccc(CC(N)C(=O)O)cc12. The molecule has 17 heavy (non-hydrogen) atoms. The molecular formula is C13H16N2O2. The van der Waals surface area contributed by atoms with Gasteiger partial charge < -0.3 is 15.4 Å². The van der Waals surface area contributed by atoms with E-state index in [4.69, 9.17) is 10.8 Å². The predicted molar refractivity (Wildman–Crippen MR) is 67.0 cm³/mol. The summed E-state index contributed by atoms with van der Waals surface area (Å²) in [5.74, 6) is -0.963. The van der Waals surface area contributed by atoms with Crippen molar-refractivity contribution in [2.24, 2.45) is 12.8 Å². The minimum absolute atomic E-state index is 0.361. The number of nitrogens with zero attached hydrogens (tertiary/aromatic N) is 1. The Morgan fingerprint density at radius 3 is 2.88 bits per heavy atom. The first-order valence-electron chi connectivity index (χ1n) is 5.52. The predicted octanol–water partition coefficient (Wildman–Crippen LogP) is 1.44. The number of carbonyl (C=O) groups is 1. The normalized spacial score (nSPS) is 12.9. The van der Waals surface area contributed by atoms with Gasteiger partial charge in [0.15, 0.2) is 0 Å². The van der Waals surface area contributed by atoms with Crippen molar-refractivity contribution in [3.8, 4) is 0 Å². The van der Waals surface area contributed by atoms with Crippen LogP contribution in [0, 0.1) is 6.92 Å². The van der Waals surface area contributed by atoms with E-state index in [0.717, 1.165) is 16.5 Å². The molecule has 3 N–H and O–H groups in total. The van der Waals surface area contributed by atoms with Crippen molar-refractivity contribution in [3.63, 3.8) is 0 Å². The zero-order valence-corrected chi connectivity index (χ0v) is 9.97. The lowest BCUT2D eigenvalue weighted by molar-refractivity contribution is -0.138. The highest BCUT2D eigenvalue weighted by Crippen LogP contribution is 2.21. The Balaban J connectivity index is 2.38. The molecule has 1 heterocycles. The first-order valence-corrected chi connectivity index (χ1v) is 5.52. The van der Waals surface area contributed by atoms with Gasteiger partial charge in [0, 0.05) is 24.1 Å². The number of rotatable bonds is 3. The van der Waals surface area contributed by atoms with E-state index >= 15 is 0 Å². The van der Waals surface area contributed by atoms with E-state index in [1.165, 1.54) is 5.56 Å². The van der Waals surface area contributed by atoms with Crippen LogP contribution in [0.1, 0.15) is 11.1 Å². The highest BCUT2D eigenvalue weighted by molar-refractivity contribution is 5.84. The Labute approximate surface area is 99.7 Å². The second-order valence-electron chi connectivity index (χ2n) is 4.42. The van der Waals surface area contributed by atoms with Crippen molar-refractivity contribution >= 4 is 16.9 Å². The number of benzene rings is 1. The number of fused-ring (bicyclic) bond motifs is 1. The number of aromatic nitrogens is 1. The van der Waals surface area contributed by atoms with Crippen LogP contribution >= 0.6 is 0 Å². The van der Waals surface area contributed by atoms with Gasteiger partial charge in [0.1, 0.15) is 6.04 Å². The maximum Gasteiger partial charge on any atom is 0.320 e. The molecule has 0 spiro atoms. The van der Waals surface area contributed by atoms with Crippen LogP contribution in [0.15, 0.2) is 24.4 Å². The van der Waals surface area contributed by atoms with Crippen LogP contribution in [0.3, 0.4) is 0 Å². The fourth-order valence-electron chi connectivity index (χ4n) is 2.10. The number of nitrogens with two attached hydrogens (primary N) is 1. The van der Waals surface area contributed by atoms with Crippen LogP contribution in [0.5, 0.6) is 0 Å². The first-order chi connectivity index (χ1) is 7.99. The summed E-state index contributed by atoms with van der Waals surface area (Å²) >= 11 is 0. The average molecular weight is 232 g/mol. The van der Waals surface area contributed by atoms with Crippen LogP contribution in [0.2, 0.25) is 0 Å². The van der Waals surface area contributed by atoms with Crippen LogP contribution < -0.4 is 5.73 Å². The van der Waals surface area contributed by atoms with Crippen LogP contribution in [-0.2, 0) is 18.3 Å². The molecule has 0 radical (unpaired) electrons. The Kier molecular flexibility index (Phi) is 2.90. The third-order valence-electron chi connectivity index (χ3n) is 3.03. The van der Waals surface area contributed by atoms with Crippen molar-refractivity contribution in [2.75, 3.05) is 0 Å². The Hall–Kier alpha value is -1.81. The largest absolute Gasteiger partial charge is 0.480 e. The fourth-order valence-corrected chi connectivity index (χ4v) is 2.10. The van der Waals surface area contributed by atoms with Crippen molar-refractivity contribution in [2.45, 2.75) is 19.4 Å². The molecule has 0 amide bonds. The van der Waals surface area contributed by atoms with E-state index in [9.17, 15) is 4.79 Å². The molecule has 1 aromatic heterocycles. The smallest absolute Gasteiger partial charge is 0.320 e. The number of aliphatic carboxylic acids is 1. The highest BCUT2D eigenvalue weighted by Gasteiger charge is 2.13. The second kappa shape index (κ2) is 4.22. The maximum absolute atomic E-state index is 10.7. The zero-order chi connectivity index (χ0) is 12.6. The monoisotopic (exact) mass is 232 g/mol. The Bertz CT molecular complexity index is 572. The maximum atomic E-state index is 10.7. The van der Waals surface area contributed by atoms with Crippen LogP contribution in [0.4, 0.5) is 0 Å². The van der Waals surface area contributed by atoms with Gasteiger partial charge in [0.05, 0.1) is 0 Å². The van der Waals surface area contributed by atoms with Gasteiger partial charge in [0.25, 0.3) is 0 Å². The Morgan fingerprint density at radius 2 is 2.24 bits per heavy atom. The molecule has 0 saturated carbocycles. The van der Waals surface area contributed by atoms with Gasteiger partial charge in [-0.25, -0.2) is 0 Å². The number of hydrogen-bond donors (Lipinski definition) is 2. The highest BCUT2D eigenvalue weighted by atomic mass is 16.4. The van der Waals surface area contributed by atoms with E-state index < -0.39 is 12.0 Å². The lowest BCUT2D eigenvalue weighted by Crippen LogP contribution is -2.32. The van der Waals surface area contributed by atoms with Crippen LogP contribution in [0.25, 0.3) is 10.9 Å². The first kappa shape index (κ1) is 11.7. The molecule has 1 unspecified atom stereocenters. The summed E-state index contributed by atoms with van der Waals surface area (Å²) in [5, 5.41) is 9.94. The molecule has 0 fully saturated rings. The van der Waals surface area contributed by atoms with Crippen molar-refractivity contribution in [1.29, 1.82) is 0 Å². The van der Waals surface area contributed by atoms with Gasteiger partial charge in [-0.1, -0.05) is 6.07 Å². The molecule has 90 valence electrons. The topological polar surface area (TPSA) is 68.2 Å². The lowest BCUT2D eigenvalue weighted by Gasteiger charge is -2.07. The van der Waals surface area contributed by atoms with E-state index in [-0.39, 0.29) is 0 Å². The van der Waals surface area contributed by atoms with E-state index in [2.05, 4.69) is 10.8 Å². The summed E-state index contributed by atoms with van der Waals surface area (Å²) in [7, 11) is 2.00. The van der Waals surface area contributed by atoms with Gasteiger partial charge in [-0.05, 0) is 36.6 Å². The fraction of sp³-hybridized carbons (Fsp3) is 0.308. The molecule has 0 bridgehead atoms. The van der Waals surface area contributed by atoms with Crippen molar-refractivity contribution in [1.82, 2.24) is 4.57 Å². The number of carboxylic acids is 1. The molecule has 4 nitrogen and oxygen atoms in total. The summed E-state index contributed by atoms with van der Waals surface area (Å²) in [6, 6.07) is 5.13. The van der Waals surface area contributed by atoms with Crippen molar-refractivity contribution < 1.29 is 9.90 Å².